The molecular weight excluding hydrogens is 168 g/mol. The van der Waals surface area contributed by atoms with Crippen LogP contribution in [0.5, 0.6) is 0 Å². The Labute approximate surface area is 79.2 Å². The monoisotopic (exact) mass is 186 g/mol. The number of esters is 1. The van der Waals surface area contributed by atoms with E-state index < -0.39 is 0 Å². The summed E-state index contributed by atoms with van der Waals surface area (Å²) in [6.45, 7) is 4.00. The lowest BCUT2D eigenvalue weighted by Gasteiger charge is -2.36. The zero-order valence-corrected chi connectivity index (χ0v) is 8.54. The van der Waals surface area contributed by atoms with Crippen LogP contribution in [-0.2, 0) is 9.53 Å². The molecule has 76 valence electrons. The van der Waals surface area contributed by atoms with Gasteiger partial charge in [0.15, 0.2) is 0 Å². The molecule has 4 heteroatoms. The minimum Gasteiger partial charge on any atom is -0.469 e. The van der Waals surface area contributed by atoms with Crippen molar-refractivity contribution in [2.45, 2.75) is 25.4 Å². The van der Waals surface area contributed by atoms with E-state index in [1.165, 1.54) is 7.11 Å². The number of likely N-dealkylation sites (N-methyl/N-ethyl adjacent to an activating group) is 1. The molecule has 0 radical (unpaired) electrons. The van der Waals surface area contributed by atoms with Crippen molar-refractivity contribution in [1.82, 2.24) is 10.2 Å². The van der Waals surface area contributed by atoms with Crippen molar-refractivity contribution in [2.75, 3.05) is 27.2 Å². The van der Waals surface area contributed by atoms with Crippen LogP contribution in [0, 0.1) is 0 Å². The second kappa shape index (κ2) is 4.58. The summed E-state index contributed by atoms with van der Waals surface area (Å²) in [5, 5.41) is 3.34. The van der Waals surface area contributed by atoms with Gasteiger partial charge in [0.1, 0.15) is 0 Å². The second-order valence-corrected chi connectivity index (χ2v) is 3.68. The second-order valence-electron chi connectivity index (χ2n) is 3.68. The van der Waals surface area contributed by atoms with Crippen molar-refractivity contribution in [2.24, 2.45) is 0 Å². The predicted molar refractivity (Wildman–Crippen MR) is 50.5 cm³/mol. The van der Waals surface area contributed by atoms with Gasteiger partial charge in [-0.15, -0.1) is 0 Å². The first-order valence-electron chi connectivity index (χ1n) is 4.64. The Hall–Kier alpha value is -0.610. The third kappa shape index (κ3) is 2.97. The van der Waals surface area contributed by atoms with Crippen LogP contribution < -0.4 is 5.32 Å². The number of nitrogens with zero attached hydrogens (tertiary/aromatic N) is 1. The maximum Gasteiger partial charge on any atom is 0.307 e. The number of hydrogen-bond donors (Lipinski definition) is 1. The molecule has 1 saturated heterocycles. The fourth-order valence-electron chi connectivity index (χ4n) is 1.64. The maximum absolute atomic E-state index is 11.0. The van der Waals surface area contributed by atoms with Crippen molar-refractivity contribution in [3.05, 3.63) is 0 Å². The summed E-state index contributed by atoms with van der Waals surface area (Å²) in [4.78, 5) is 13.2. The van der Waals surface area contributed by atoms with Gasteiger partial charge in [0, 0.05) is 25.2 Å². The zero-order chi connectivity index (χ0) is 9.84. The average Bonchev–Trinajstić information content (AvgIpc) is 2.09. The smallest absolute Gasteiger partial charge is 0.307 e. The van der Waals surface area contributed by atoms with Gasteiger partial charge in [-0.2, -0.15) is 0 Å². The molecule has 1 heterocycles. The molecule has 0 amide bonds. The highest BCUT2D eigenvalue weighted by molar-refractivity contribution is 5.69. The molecule has 0 aromatic heterocycles. The Bertz CT molecular complexity index is 184. The number of carbonyl (C=O) groups is 1. The van der Waals surface area contributed by atoms with Crippen LogP contribution in [0.3, 0.4) is 0 Å². The SMILES string of the molecule is COC(=O)CC1CNC(C)CN1C. The first kappa shape index (κ1) is 10.5. The predicted octanol–water partition coefficient (Wildman–Crippen LogP) is -0.158. The maximum atomic E-state index is 11.0. The van der Waals surface area contributed by atoms with Crippen LogP contribution in [0.1, 0.15) is 13.3 Å². The normalized spacial score (nSPS) is 30.1. The third-order valence-electron chi connectivity index (χ3n) is 2.52. The summed E-state index contributed by atoms with van der Waals surface area (Å²) >= 11 is 0. The number of ether oxygens (including phenoxy) is 1. The van der Waals surface area contributed by atoms with Crippen LogP contribution in [0.15, 0.2) is 0 Å². The molecule has 2 unspecified atom stereocenters. The van der Waals surface area contributed by atoms with Crippen molar-refractivity contribution in [3.63, 3.8) is 0 Å². The Morgan fingerprint density at radius 2 is 2.38 bits per heavy atom. The highest BCUT2D eigenvalue weighted by Gasteiger charge is 2.24. The van der Waals surface area contributed by atoms with Crippen LogP contribution in [0.25, 0.3) is 0 Å². The van der Waals surface area contributed by atoms with Gasteiger partial charge in [-0.25, -0.2) is 0 Å². The lowest BCUT2D eigenvalue weighted by atomic mass is 10.1. The van der Waals surface area contributed by atoms with Crippen molar-refractivity contribution in [3.8, 4) is 0 Å². The van der Waals surface area contributed by atoms with E-state index in [4.69, 9.17) is 0 Å². The number of nitrogens with one attached hydrogen (secondary N) is 1. The standard InChI is InChI=1S/C9H18N2O2/c1-7-6-11(2)8(5-10-7)4-9(12)13-3/h7-8,10H,4-6H2,1-3H3. The largest absolute Gasteiger partial charge is 0.469 e. The number of methoxy groups -OCH3 is 1. The average molecular weight is 186 g/mol. The van der Waals surface area contributed by atoms with Gasteiger partial charge >= 0.3 is 5.97 Å². The number of hydrogen-bond acceptors (Lipinski definition) is 4. The molecule has 0 saturated carbocycles. The summed E-state index contributed by atoms with van der Waals surface area (Å²) in [5.74, 6) is -0.131. The molecule has 0 bridgehead atoms. The summed E-state index contributed by atoms with van der Waals surface area (Å²) in [5.41, 5.74) is 0. The summed E-state index contributed by atoms with van der Waals surface area (Å²) in [6, 6.07) is 0.794. The van der Waals surface area contributed by atoms with Crippen LogP contribution in [-0.4, -0.2) is 50.2 Å². The van der Waals surface area contributed by atoms with E-state index in [1.54, 1.807) is 0 Å². The fraction of sp³-hybridized carbons (Fsp3) is 0.889. The highest BCUT2D eigenvalue weighted by Crippen LogP contribution is 2.08. The van der Waals surface area contributed by atoms with Gasteiger partial charge in [0.05, 0.1) is 13.5 Å². The van der Waals surface area contributed by atoms with Crippen molar-refractivity contribution in [1.29, 1.82) is 0 Å². The van der Waals surface area contributed by atoms with E-state index in [1.807, 2.05) is 7.05 Å². The molecule has 1 rings (SSSR count). The van der Waals surface area contributed by atoms with E-state index in [-0.39, 0.29) is 12.0 Å². The van der Waals surface area contributed by atoms with E-state index in [2.05, 4.69) is 21.9 Å². The van der Waals surface area contributed by atoms with Gasteiger partial charge < -0.3 is 15.0 Å². The minimum absolute atomic E-state index is 0.131. The van der Waals surface area contributed by atoms with Crippen LogP contribution >= 0.6 is 0 Å². The zero-order valence-electron chi connectivity index (χ0n) is 8.54. The number of carbonyl (C=O) groups excluding carboxylic acids is 1. The molecule has 13 heavy (non-hydrogen) atoms. The molecule has 0 spiro atoms. The van der Waals surface area contributed by atoms with Gasteiger partial charge in [0.2, 0.25) is 0 Å². The molecular formula is C9H18N2O2. The molecule has 4 nitrogen and oxygen atoms in total. The Kier molecular flexibility index (Phi) is 3.69. The van der Waals surface area contributed by atoms with Gasteiger partial charge in [-0.1, -0.05) is 0 Å². The summed E-state index contributed by atoms with van der Waals surface area (Å²) < 4.78 is 4.63. The quantitative estimate of drug-likeness (QED) is 0.609. The lowest BCUT2D eigenvalue weighted by Crippen LogP contribution is -2.54. The summed E-state index contributed by atoms with van der Waals surface area (Å²) in [6.07, 6.45) is 0.479. The summed E-state index contributed by atoms with van der Waals surface area (Å²) in [7, 11) is 3.48. The molecule has 0 aliphatic carbocycles. The van der Waals surface area contributed by atoms with E-state index in [0.717, 1.165) is 13.1 Å². The molecule has 1 aliphatic rings. The number of piperazine rings is 1. The first-order valence-corrected chi connectivity index (χ1v) is 4.64. The van der Waals surface area contributed by atoms with E-state index in [0.29, 0.717) is 12.5 Å². The fourth-order valence-corrected chi connectivity index (χ4v) is 1.64. The van der Waals surface area contributed by atoms with E-state index in [9.17, 15) is 4.79 Å². The minimum atomic E-state index is -0.131. The highest BCUT2D eigenvalue weighted by atomic mass is 16.5. The molecule has 2 atom stereocenters. The molecule has 0 aromatic rings. The lowest BCUT2D eigenvalue weighted by molar-refractivity contribution is -0.142. The molecule has 1 fully saturated rings. The molecule has 1 aliphatic heterocycles. The Morgan fingerprint density at radius 1 is 1.69 bits per heavy atom. The van der Waals surface area contributed by atoms with Crippen molar-refractivity contribution < 1.29 is 9.53 Å². The molecule has 0 aromatic carbocycles. The Morgan fingerprint density at radius 3 is 2.92 bits per heavy atom. The van der Waals surface area contributed by atoms with E-state index >= 15 is 0 Å². The number of rotatable bonds is 2. The van der Waals surface area contributed by atoms with Gasteiger partial charge in [-0.05, 0) is 14.0 Å². The van der Waals surface area contributed by atoms with Gasteiger partial charge in [0.25, 0.3) is 0 Å². The third-order valence-corrected chi connectivity index (χ3v) is 2.52. The van der Waals surface area contributed by atoms with Gasteiger partial charge in [-0.3, -0.25) is 4.79 Å². The van der Waals surface area contributed by atoms with Crippen LogP contribution in [0.2, 0.25) is 0 Å². The molecule has 1 N–H and O–H groups in total. The first-order chi connectivity index (χ1) is 6.13. The van der Waals surface area contributed by atoms with Crippen molar-refractivity contribution >= 4 is 5.97 Å². The topological polar surface area (TPSA) is 41.6 Å². The Balaban J connectivity index is 2.38. The van der Waals surface area contributed by atoms with Crippen LogP contribution in [0.4, 0.5) is 0 Å².